The molecular weight excluding hydrogens is 244 g/mol. The van der Waals surface area contributed by atoms with Crippen LogP contribution in [0, 0.1) is 12.8 Å². The zero-order chi connectivity index (χ0) is 12.7. The molecule has 0 radical (unpaired) electrons. The van der Waals surface area contributed by atoms with E-state index in [1.165, 1.54) is 30.3 Å². The molecular formula is C15H19ClN2. The molecule has 3 heteroatoms. The van der Waals surface area contributed by atoms with Gasteiger partial charge >= 0.3 is 0 Å². The maximum Gasteiger partial charge on any atom is 0.125 e. The monoisotopic (exact) mass is 262 g/mol. The molecule has 0 amide bonds. The molecule has 1 fully saturated rings. The van der Waals surface area contributed by atoms with E-state index in [4.69, 9.17) is 11.6 Å². The number of hydrogen-bond donors (Lipinski definition) is 0. The van der Waals surface area contributed by atoms with Crippen LogP contribution >= 0.6 is 11.6 Å². The van der Waals surface area contributed by atoms with Crippen LogP contribution < -0.4 is 0 Å². The Morgan fingerprint density at radius 3 is 2.83 bits per heavy atom. The van der Waals surface area contributed by atoms with E-state index in [0.717, 1.165) is 17.3 Å². The molecule has 1 aromatic carbocycles. The third kappa shape index (κ3) is 1.83. The molecule has 0 spiro atoms. The second kappa shape index (κ2) is 4.58. The Labute approximate surface area is 113 Å². The second-order valence-corrected chi connectivity index (χ2v) is 5.72. The summed E-state index contributed by atoms with van der Waals surface area (Å²) in [6.45, 7) is 4.44. The summed E-state index contributed by atoms with van der Waals surface area (Å²) in [5.74, 6) is 2.30. The van der Waals surface area contributed by atoms with Gasteiger partial charge in [-0.05, 0) is 50.3 Å². The van der Waals surface area contributed by atoms with E-state index in [0.29, 0.717) is 11.9 Å². The first-order chi connectivity index (χ1) is 8.70. The lowest BCUT2D eigenvalue weighted by Gasteiger charge is -2.33. The van der Waals surface area contributed by atoms with Crippen LogP contribution in [-0.4, -0.2) is 9.55 Å². The van der Waals surface area contributed by atoms with Crippen molar-refractivity contribution in [3.05, 3.63) is 29.6 Å². The quantitative estimate of drug-likeness (QED) is 0.748. The van der Waals surface area contributed by atoms with Crippen molar-refractivity contribution < 1.29 is 0 Å². The summed E-state index contributed by atoms with van der Waals surface area (Å²) in [6, 6.07) is 6.96. The first-order valence-electron chi connectivity index (χ1n) is 6.74. The smallest absolute Gasteiger partial charge is 0.125 e. The average Bonchev–Trinajstić information content (AvgIpc) is 2.64. The van der Waals surface area contributed by atoms with Crippen molar-refractivity contribution in [2.45, 2.75) is 45.0 Å². The molecule has 1 saturated carbocycles. The number of nitrogens with zero attached hydrogens (tertiary/aromatic N) is 2. The SMILES string of the molecule is Cc1ccc2nc(CCl)n(C(C)C3CCC3)c2c1. The molecule has 1 aliphatic rings. The van der Waals surface area contributed by atoms with Gasteiger partial charge in [0, 0.05) is 6.04 Å². The van der Waals surface area contributed by atoms with Gasteiger partial charge in [-0.25, -0.2) is 4.98 Å². The summed E-state index contributed by atoms with van der Waals surface area (Å²) >= 11 is 6.07. The summed E-state index contributed by atoms with van der Waals surface area (Å²) in [4.78, 5) is 4.67. The maximum atomic E-state index is 6.07. The van der Waals surface area contributed by atoms with Gasteiger partial charge < -0.3 is 4.57 Å². The van der Waals surface area contributed by atoms with Gasteiger partial charge in [0.15, 0.2) is 0 Å². The highest BCUT2D eigenvalue weighted by molar-refractivity contribution is 6.16. The molecule has 96 valence electrons. The summed E-state index contributed by atoms with van der Waals surface area (Å²) in [5, 5.41) is 0. The van der Waals surface area contributed by atoms with E-state index < -0.39 is 0 Å². The lowest BCUT2D eigenvalue weighted by Crippen LogP contribution is -2.24. The Balaban J connectivity index is 2.14. The highest BCUT2D eigenvalue weighted by Gasteiger charge is 2.27. The molecule has 1 aliphatic carbocycles. The summed E-state index contributed by atoms with van der Waals surface area (Å²) in [5.41, 5.74) is 3.60. The first kappa shape index (κ1) is 12.0. The van der Waals surface area contributed by atoms with Gasteiger partial charge in [0.05, 0.1) is 16.9 Å². The minimum atomic E-state index is 0.491. The molecule has 0 bridgehead atoms. The number of aryl methyl sites for hydroxylation is 1. The van der Waals surface area contributed by atoms with Gasteiger partial charge in [-0.15, -0.1) is 11.6 Å². The van der Waals surface area contributed by atoms with E-state index in [1.807, 2.05) is 0 Å². The Bertz CT molecular complexity index is 569. The fourth-order valence-electron chi connectivity index (χ4n) is 2.93. The fraction of sp³-hybridized carbons (Fsp3) is 0.533. The highest BCUT2D eigenvalue weighted by Crippen LogP contribution is 2.38. The summed E-state index contributed by atoms with van der Waals surface area (Å²) in [6.07, 6.45) is 4.06. The van der Waals surface area contributed by atoms with Crippen LogP contribution in [-0.2, 0) is 5.88 Å². The third-order valence-corrected chi connectivity index (χ3v) is 4.52. The van der Waals surface area contributed by atoms with Crippen LogP contribution in [0.15, 0.2) is 18.2 Å². The minimum Gasteiger partial charge on any atom is -0.324 e. The Kier molecular flexibility index (Phi) is 3.06. The molecule has 1 heterocycles. The molecule has 1 unspecified atom stereocenters. The molecule has 0 aliphatic heterocycles. The van der Waals surface area contributed by atoms with Gasteiger partial charge in [-0.3, -0.25) is 0 Å². The van der Waals surface area contributed by atoms with Gasteiger partial charge in [0.25, 0.3) is 0 Å². The number of alkyl halides is 1. The molecule has 2 aromatic rings. The maximum absolute atomic E-state index is 6.07. The van der Waals surface area contributed by atoms with Gasteiger partial charge in [0.2, 0.25) is 0 Å². The number of rotatable bonds is 3. The molecule has 1 aromatic heterocycles. The molecule has 1 atom stereocenters. The van der Waals surface area contributed by atoms with Crippen molar-refractivity contribution in [2.24, 2.45) is 5.92 Å². The Morgan fingerprint density at radius 2 is 2.22 bits per heavy atom. The molecule has 3 rings (SSSR count). The van der Waals surface area contributed by atoms with Crippen molar-refractivity contribution in [1.82, 2.24) is 9.55 Å². The lowest BCUT2D eigenvalue weighted by molar-refractivity contribution is 0.223. The molecule has 0 N–H and O–H groups in total. The third-order valence-electron chi connectivity index (χ3n) is 4.28. The normalized spacial score (nSPS) is 17.9. The zero-order valence-corrected chi connectivity index (χ0v) is 11.7. The van der Waals surface area contributed by atoms with Crippen LogP contribution in [0.5, 0.6) is 0 Å². The number of hydrogen-bond acceptors (Lipinski definition) is 1. The van der Waals surface area contributed by atoms with E-state index in [2.05, 4.69) is 41.6 Å². The van der Waals surface area contributed by atoms with Gasteiger partial charge in [0.1, 0.15) is 5.82 Å². The van der Waals surface area contributed by atoms with Crippen LogP contribution in [0.25, 0.3) is 11.0 Å². The predicted octanol–water partition coefficient (Wildman–Crippen LogP) is 4.44. The standard InChI is InChI=1S/C15H19ClN2/c1-10-6-7-13-14(8-10)18(15(9-16)17-13)11(2)12-4-3-5-12/h6-8,11-12H,3-5,9H2,1-2H3. The van der Waals surface area contributed by atoms with Crippen molar-refractivity contribution in [3.63, 3.8) is 0 Å². The summed E-state index contributed by atoms with van der Waals surface area (Å²) in [7, 11) is 0. The molecule has 2 nitrogen and oxygen atoms in total. The largest absolute Gasteiger partial charge is 0.324 e. The first-order valence-corrected chi connectivity index (χ1v) is 7.27. The Morgan fingerprint density at radius 1 is 1.44 bits per heavy atom. The highest BCUT2D eigenvalue weighted by atomic mass is 35.5. The van der Waals surface area contributed by atoms with Gasteiger partial charge in [-0.1, -0.05) is 12.5 Å². The van der Waals surface area contributed by atoms with E-state index in [9.17, 15) is 0 Å². The number of imidazole rings is 1. The topological polar surface area (TPSA) is 17.8 Å². The van der Waals surface area contributed by atoms with Crippen molar-refractivity contribution >= 4 is 22.6 Å². The number of aromatic nitrogens is 2. The average molecular weight is 263 g/mol. The van der Waals surface area contributed by atoms with Crippen LogP contribution in [0.2, 0.25) is 0 Å². The van der Waals surface area contributed by atoms with Crippen LogP contribution in [0.3, 0.4) is 0 Å². The van der Waals surface area contributed by atoms with Gasteiger partial charge in [-0.2, -0.15) is 0 Å². The van der Waals surface area contributed by atoms with Crippen molar-refractivity contribution in [1.29, 1.82) is 0 Å². The molecule has 0 saturated heterocycles. The number of benzene rings is 1. The van der Waals surface area contributed by atoms with Crippen LogP contribution in [0.1, 0.15) is 43.6 Å². The van der Waals surface area contributed by atoms with Crippen molar-refractivity contribution in [2.75, 3.05) is 0 Å². The number of halogens is 1. The van der Waals surface area contributed by atoms with E-state index in [1.54, 1.807) is 0 Å². The lowest BCUT2D eigenvalue weighted by atomic mass is 9.80. The second-order valence-electron chi connectivity index (χ2n) is 5.46. The van der Waals surface area contributed by atoms with Crippen LogP contribution in [0.4, 0.5) is 0 Å². The summed E-state index contributed by atoms with van der Waals surface area (Å²) < 4.78 is 2.36. The van der Waals surface area contributed by atoms with Crippen molar-refractivity contribution in [3.8, 4) is 0 Å². The minimum absolute atomic E-state index is 0.491. The Hall–Kier alpha value is -1.02. The molecule has 18 heavy (non-hydrogen) atoms. The van der Waals surface area contributed by atoms with E-state index in [-0.39, 0.29) is 0 Å². The fourth-order valence-corrected chi connectivity index (χ4v) is 3.12. The predicted molar refractivity (Wildman–Crippen MR) is 76.1 cm³/mol. The number of fused-ring (bicyclic) bond motifs is 1. The van der Waals surface area contributed by atoms with E-state index >= 15 is 0 Å². The zero-order valence-electron chi connectivity index (χ0n) is 11.0.